The second-order valence-corrected chi connectivity index (χ2v) is 11.6. The Bertz CT molecular complexity index is 1600. The van der Waals surface area contributed by atoms with Gasteiger partial charge >= 0.3 is 5.97 Å². The van der Waals surface area contributed by atoms with Crippen LogP contribution < -0.4 is 10.0 Å². The zero-order valence-electron chi connectivity index (χ0n) is 17.9. The molecule has 0 saturated heterocycles. The lowest BCUT2D eigenvalue weighted by Crippen LogP contribution is -2.42. The number of rotatable bonds is 8. The van der Waals surface area contributed by atoms with E-state index >= 15 is 0 Å². The van der Waals surface area contributed by atoms with Gasteiger partial charge in [0, 0.05) is 22.1 Å². The van der Waals surface area contributed by atoms with Crippen molar-refractivity contribution in [1.82, 2.24) is 14.7 Å². The number of carboxylic acids is 1. The molecular formula is C22H15BrCl2N4O5S2. The minimum Gasteiger partial charge on any atom is -0.480 e. The summed E-state index contributed by atoms with van der Waals surface area (Å²) >= 11 is 16.5. The van der Waals surface area contributed by atoms with Crippen molar-refractivity contribution in [1.29, 1.82) is 0 Å². The number of nitrogens with one attached hydrogen (secondary N) is 2. The maximum absolute atomic E-state index is 13.1. The molecule has 1 atom stereocenters. The molecular weight excluding hydrogens is 615 g/mol. The van der Waals surface area contributed by atoms with Gasteiger partial charge in [0.15, 0.2) is 5.03 Å². The number of sulfonamides is 1. The van der Waals surface area contributed by atoms with E-state index in [-0.39, 0.29) is 27.7 Å². The number of hydrogen-bond acceptors (Lipinski definition) is 7. The van der Waals surface area contributed by atoms with Crippen LogP contribution in [0.2, 0.25) is 10.0 Å². The molecule has 0 bridgehead atoms. The van der Waals surface area contributed by atoms with Gasteiger partial charge in [0.2, 0.25) is 0 Å². The van der Waals surface area contributed by atoms with Crippen molar-refractivity contribution >= 4 is 88.3 Å². The van der Waals surface area contributed by atoms with Crippen molar-refractivity contribution in [3.05, 3.63) is 80.5 Å². The van der Waals surface area contributed by atoms with Gasteiger partial charge in [0.1, 0.15) is 6.04 Å². The first-order valence-corrected chi connectivity index (χ1v) is 13.8. The Morgan fingerprint density at radius 3 is 2.64 bits per heavy atom. The number of anilines is 1. The number of benzene rings is 2. The smallest absolute Gasteiger partial charge is 0.326 e. The van der Waals surface area contributed by atoms with Crippen molar-refractivity contribution in [3.8, 4) is 0 Å². The fourth-order valence-electron chi connectivity index (χ4n) is 3.32. The molecule has 4 aromatic rings. The molecule has 0 saturated carbocycles. The van der Waals surface area contributed by atoms with Crippen molar-refractivity contribution in [2.75, 3.05) is 4.72 Å². The topological polar surface area (TPSA) is 138 Å². The Balaban J connectivity index is 1.62. The summed E-state index contributed by atoms with van der Waals surface area (Å²) in [5.74, 6) is -2.08. The molecule has 0 spiro atoms. The standard InChI is InChI=1S/C22H15BrCl2N4O5S2/c23-15-7-11(1-4-16(15)25)8-18(22(31)32)28-20(30)13-3-2-12(24)9-17(13)29-36(33,34)21-14-10-27-35-19(14)5-6-26-21/h1-7,9-10,18,29H,8H2,(H,28,30)(H,31,32)/t18-/m0/s1. The Morgan fingerprint density at radius 1 is 1.14 bits per heavy atom. The highest BCUT2D eigenvalue weighted by Crippen LogP contribution is 2.28. The zero-order chi connectivity index (χ0) is 26.0. The SMILES string of the molecule is O=C(N[C@@H](Cc1ccc(Cl)c(Br)c1)C(=O)O)c1ccc(Cl)cc1NS(=O)(=O)c1nccc2sncc12. The molecule has 2 heterocycles. The highest BCUT2D eigenvalue weighted by Gasteiger charge is 2.26. The molecule has 0 radical (unpaired) electrons. The second kappa shape index (κ2) is 10.7. The minimum atomic E-state index is -4.25. The van der Waals surface area contributed by atoms with E-state index in [0.717, 1.165) is 11.5 Å². The average molecular weight is 630 g/mol. The molecule has 186 valence electrons. The Kier molecular flexibility index (Phi) is 7.81. The van der Waals surface area contributed by atoms with E-state index in [1.807, 2.05) is 0 Å². The predicted molar refractivity (Wildman–Crippen MR) is 141 cm³/mol. The van der Waals surface area contributed by atoms with Crippen LogP contribution in [0.15, 0.2) is 64.4 Å². The third kappa shape index (κ3) is 5.79. The van der Waals surface area contributed by atoms with Gasteiger partial charge in [-0.1, -0.05) is 29.3 Å². The van der Waals surface area contributed by atoms with Crippen LogP contribution in [0.3, 0.4) is 0 Å². The van der Waals surface area contributed by atoms with Crippen LogP contribution in [-0.2, 0) is 21.2 Å². The molecule has 36 heavy (non-hydrogen) atoms. The van der Waals surface area contributed by atoms with Gasteiger partial charge in [0.25, 0.3) is 15.9 Å². The van der Waals surface area contributed by atoms with Crippen LogP contribution in [0.4, 0.5) is 5.69 Å². The first-order valence-electron chi connectivity index (χ1n) is 10.0. The van der Waals surface area contributed by atoms with Crippen molar-refractivity contribution < 1.29 is 23.1 Å². The summed E-state index contributed by atoms with van der Waals surface area (Å²) in [5.41, 5.74) is 0.349. The van der Waals surface area contributed by atoms with E-state index in [2.05, 4.69) is 35.3 Å². The third-order valence-corrected chi connectivity index (χ3v) is 8.53. The quantitative estimate of drug-likeness (QED) is 0.250. The summed E-state index contributed by atoms with van der Waals surface area (Å²) in [6.07, 6.45) is 2.69. The molecule has 9 nitrogen and oxygen atoms in total. The summed E-state index contributed by atoms with van der Waals surface area (Å²) in [6, 6.07) is 9.17. The van der Waals surface area contributed by atoms with Crippen LogP contribution in [-0.4, -0.2) is 40.8 Å². The van der Waals surface area contributed by atoms with Gasteiger partial charge in [-0.25, -0.2) is 9.78 Å². The molecule has 0 fully saturated rings. The molecule has 0 aliphatic carbocycles. The molecule has 4 rings (SSSR count). The van der Waals surface area contributed by atoms with Crippen LogP contribution in [0.1, 0.15) is 15.9 Å². The minimum absolute atomic E-state index is 0.0391. The maximum atomic E-state index is 13.1. The van der Waals surface area contributed by atoms with Gasteiger partial charge in [-0.3, -0.25) is 9.52 Å². The fourth-order valence-corrected chi connectivity index (χ4v) is 5.94. The number of carboxylic acid groups (broad SMARTS) is 1. The maximum Gasteiger partial charge on any atom is 0.326 e. The lowest BCUT2D eigenvalue weighted by molar-refractivity contribution is -0.139. The Hall–Kier alpha value is -2.77. The normalized spacial score (nSPS) is 12.3. The number of aromatic nitrogens is 2. The summed E-state index contributed by atoms with van der Waals surface area (Å²) < 4.78 is 33.8. The molecule has 0 aliphatic heterocycles. The number of pyridine rings is 1. The van der Waals surface area contributed by atoms with Gasteiger partial charge in [-0.05, 0) is 69.4 Å². The van der Waals surface area contributed by atoms with Crippen LogP contribution in [0.5, 0.6) is 0 Å². The molecule has 1 amide bonds. The van der Waals surface area contributed by atoms with Crippen LogP contribution >= 0.6 is 50.7 Å². The van der Waals surface area contributed by atoms with Crippen molar-refractivity contribution in [2.45, 2.75) is 17.5 Å². The van der Waals surface area contributed by atoms with Crippen molar-refractivity contribution in [3.63, 3.8) is 0 Å². The summed E-state index contributed by atoms with van der Waals surface area (Å²) in [6.45, 7) is 0. The first kappa shape index (κ1) is 26.3. The van der Waals surface area contributed by atoms with Gasteiger partial charge in [-0.2, -0.15) is 12.8 Å². The lowest BCUT2D eigenvalue weighted by atomic mass is 10.1. The van der Waals surface area contributed by atoms with Gasteiger partial charge < -0.3 is 10.4 Å². The molecule has 2 aromatic heterocycles. The number of halogens is 3. The van der Waals surface area contributed by atoms with Crippen LogP contribution in [0.25, 0.3) is 10.1 Å². The largest absolute Gasteiger partial charge is 0.480 e. The number of carbonyl (C=O) groups is 2. The Morgan fingerprint density at radius 2 is 1.92 bits per heavy atom. The number of hydrogen-bond donors (Lipinski definition) is 3. The van der Waals surface area contributed by atoms with E-state index in [1.165, 1.54) is 30.6 Å². The molecule has 0 aliphatic rings. The highest BCUT2D eigenvalue weighted by molar-refractivity contribution is 9.10. The molecule has 3 N–H and O–H groups in total. The second-order valence-electron chi connectivity index (χ2n) is 7.47. The predicted octanol–water partition coefficient (Wildman–Crippen LogP) is 4.99. The summed E-state index contributed by atoms with van der Waals surface area (Å²) in [4.78, 5) is 28.9. The van der Waals surface area contributed by atoms with Gasteiger partial charge in [-0.15, -0.1) is 0 Å². The van der Waals surface area contributed by atoms with E-state index in [1.54, 1.807) is 24.3 Å². The van der Waals surface area contributed by atoms with Crippen LogP contribution in [0, 0.1) is 0 Å². The number of carbonyl (C=O) groups excluding carboxylic acids is 1. The molecule has 2 aromatic carbocycles. The average Bonchev–Trinajstić information content (AvgIpc) is 3.29. The first-order chi connectivity index (χ1) is 17.0. The monoisotopic (exact) mass is 628 g/mol. The van der Waals surface area contributed by atoms with E-state index in [0.29, 0.717) is 25.1 Å². The highest BCUT2D eigenvalue weighted by atomic mass is 79.9. The number of fused-ring (bicyclic) bond motifs is 1. The fraction of sp³-hybridized carbons (Fsp3) is 0.0909. The summed E-state index contributed by atoms with van der Waals surface area (Å²) in [7, 11) is -4.25. The Labute approximate surface area is 227 Å². The zero-order valence-corrected chi connectivity index (χ0v) is 22.6. The molecule has 0 unspecified atom stereocenters. The number of amides is 1. The van der Waals surface area contributed by atoms with E-state index < -0.39 is 27.9 Å². The van der Waals surface area contributed by atoms with Crippen molar-refractivity contribution in [2.24, 2.45) is 0 Å². The summed E-state index contributed by atoms with van der Waals surface area (Å²) in [5, 5.41) is 12.8. The number of aliphatic carboxylic acids is 1. The van der Waals surface area contributed by atoms with Gasteiger partial charge in [0.05, 0.1) is 32.6 Å². The van der Waals surface area contributed by atoms with E-state index in [9.17, 15) is 23.1 Å². The lowest BCUT2D eigenvalue weighted by Gasteiger charge is -2.17. The number of nitrogens with zero attached hydrogens (tertiary/aromatic N) is 2. The third-order valence-electron chi connectivity index (χ3n) is 5.00. The molecule has 14 heteroatoms. The van der Waals surface area contributed by atoms with E-state index in [4.69, 9.17) is 23.2 Å².